The van der Waals surface area contributed by atoms with Gasteiger partial charge in [0.1, 0.15) is 5.82 Å². The zero-order valence-corrected chi connectivity index (χ0v) is 15.5. The topological polar surface area (TPSA) is 87.7 Å². The molecule has 0 saturated carbocycles. The molecule has 3 fully saturated rings. The van der Waals surface area contributed by atoms with Gasteiger partial charge in [0.15, 0.2) is 9.84 Å². The molecule has 138 valence electrons. The molecule has 4 heterocycles. The Kier molecular flexibility index (Phi) is 4.12. The minimum atomic E-state index is -2.99. The highest BCUT2D eigenvalue weighted by atomic mass is 32.2. The first-order chi connectivity index (χ1) is 11.8. The lowest BCUT2D eigenvalue weighted by Crippen LogP contribution is -2.57. The molecule has 0 amide bonds. The number of nitrogens with zero attached hydrogens (tertiary/aromatic N) is 4. The predicted octanol–water partition coefficient (Wildman–Crippen LogP) is -0.333. The first kappa shape index (κ1) is 17.0. The molecule has 8 nitrogen and oxygen atoms in total. The molecule has 4 rings (SSSR count). The van der Waals surface area contributed by atoms with Crippen LogP contribution in [-0.2, 0) is 14.6 Å². The van der Waals surface area contributed by atoms with Gasteiger partial charge in [-0.05, 0) is 19.9 Å². The van der Waals surface area contributed by atoms with E-state index in [9.17, 15) is 8.42 Å². The first-order valence-electron chi connectivity index (χ1n) is 8.75. The van der Waals surface area contributed by atoms with E-state index < -0.39 is 9.84 Å². The molecule has 9 heteroatoms. The minimum Gasteiger partial charge on any atom is -0.372 e. The van der Waals surface area contributed by atoms with E-state index >= 15 is 0 Å². The Bertz CT molecular complexity index is 754. The van der Waals surface area contributed by atoms with Crippen molar-refractivity contribution in [2.24, 2.45) is 0 Å². The molecular weight excluding hydrogens is 342 g/mol. The maximum absolute atomic E-state index is 12.0. The molecule has 0 unspecified atom stereocenters. The summed E-state index contributed by atoms with van der Waals surface area (Å²) < 4.78 is 29.8. The molecule has 0 spiro atoms. The van der Waals surface area contributed by atoms with Gasteiger partial charge in [-0.1, -0.05) is 0 Å². The van der Waals surface area contributed by atoms with Crippen LogP contribution in [-0.4, -0.2) is 80.4 Å². The first-order valence-corrected chi connectivity index (χ1v) is 10.6. The Morgan fingerprint density at radius 2 is 2.16 bits per heavy atom. The summed E-state index contributed by atoms with van der Waals surface area (Å²) in [5.41, 5.74) is -0.225. The van der Waals surface area contributed by atoms with E-state index in [1.165, 1.54) is 0 Å². The third-order valence-electron chi connectivity index (χ3n) is 5.11. The van der Waals surface area contributed by atoms with E-state index in [1.54, 1.807) is 6.20 Å². The number of piperazine rings is 1. The van der Waals surface area contributed by atoms with Crippen LogP contribution in [0, 0.1) is 0 Å². The van der Waals surface area contributed by atoms with Gasteiger partial charge >= 0.3 is 0 Å². The van der Waals surface area contributed by atoms with Gasteiger partial charge in [0.25, 0.3) is 0 Å². The average Bonchev–Trinajstić information content (AvgIpc) is 2.87. The highest BCUT2D eigenvalue weighted by Gasteiger charge is 2.43. The maximum atomic E-state index is 12.0. The second-order valence-electron chi connectivity index (χ2n) is 7.64. The number of aromatic nitrogens is 2. The zero-order chi connectivity index (χ0) is 17.7. The largest absolute Gasteiger partial charge is 0.372 e. The molecule has 3 saturated heterocycles. The van der Waals surface area contributed by atoms with E-state index in [0.717, 1.165) is 32.0 Å². The Morgan fingerprint density at radius 3 is 2.96 bits per heavy atom. The Labute approximate surface area is 148 Å². The van der Waals surface area contributed by atoms with Crippen LogP contribution in [0.2, 0.25) is 0 Å². The van der Waals surface area contributed by atoms with Crippen molar-refractivity contribution < 1.29 is 13.2 Å². The van der Waals surface area contributed by atoms with E-state index in [0.29, 0.717) is 12.6 Å². The van der Waals surface area contributed by atoms with Gasteiger partial charge in [-0.25, -0.2) is 13.4 Å². The van der Waals surface area contributed by atoms with Gasteiger partial charge in [-0.3, -0.25) is 0 Å². The molecule has 25 heavy (non-hydrogen) atoms. The van der Waals surface area contributed by atoms with Crippen molar-refractivity contribution in [3.05, 3.63) is 12.3 Å². The highest BCUT2D eigenvalue weighted by molar-refractivity contribution is 7.91. The molecule has 2 atom stereocenters. The zero-order valence-electron chi connectivity index (χ0n) is 14.7. The van der Waals surface area contributed by atoms with Crippen molar-refractivity contribution in [1.82, 2.24) is 15.3 Å². The molecule has 0 bridgehead atoms. The van der Waals surface area contributed by atoms with Gasteiger partial charge in [0, 0.05) is 38.4 Å². The van der Waals surface area contributed by atoms with E-state index in [1.807, 2.05) is 6.07 Å². The van der Waals surface area contributed by atoms with Crippen LogP contribution in [0.15, 0.2) is 12.3 Å². The Balaban J connectivity index is 1.59. The number of fused-ring (bicyclic) bond motifs is 1. The van der Waals surface area contributed by atoms with Crippen molar-refractivity contribution in [3.63, 3.8) is 0 Å². The second-order valence-corrected chi connectivity index (χ2v) is 9.80. The number of sulfone groups is 1. The van der Waals surface area contributed by atoms with Gasteiger partial charge < -0.3 is 19.9 Å². The van der Waals surface area contributed by atoms with Crippen molar-refractivity contribution in [3.8, 4) is 0 Å². The highest BCUT2D eigenvalue weighted by Crippen LogP contribution is 2.27. The molecule has 3 aliphatic heterocycles. The van der Waals surface area contributed by atoms with Crippen molar-refractivity contribution in [2.45, 2.75) is 31.5 Å². The number of hydrogen-bond acceptors (Lipinski definition) is 8. The fourth-order valence-corrected chi connectivity index (χ4v) is 5.95. The predicted molar refractivity (Wildman–Crippen MR) is 95.9 cm³/mol. The van der Waals surface area contributed by atoms with Crippen LogP contribution < -0.4 is 15.1 Å². The summed E-state index contributed by atoms with van der Waals surface area (Å²) in [7, 11) is -2.99. The summed E-state index contributed by atoms with van der Waals surface area (Å²) in [6.07, 6.45) is 1.76. The quantitative estimate of drug-likeness (QED) is 0.760. The second kappa shape index (κ2) is 6.07. The van der Waals surface area contributed by atoms with Crippen molar-refractivity contribution >= 4 is 21.6 Å². The lowest BCUT2D eigenvalue weighted by Gasteiger charge is -2.40. The molecule has 1 N–H and O–H groups in total. The Hall–Kier alpha value is -1.45. The third-order valence-corrected chi connectivity index (χ3v) is 6.83. The number of nitrogens with one attached hydrogen (secondary N) is 1. The van der Waals surface area contributed by atoms with Gasteiger partial charge in [0.2, 0.25) is 5.95 Å². The molecule has 0 aliphatic carbocycles. The maximum Gasteiger partial charge on any atom is 0.227 e. The fraction of sp³-hybridized carbons (Fsp3) is 0.750. The minimum absolute atomic E-state index is 0.0144. The molecule has 3 aliphatic rings. The van der Waals surface area contributed by atoms with Crippen molar-refractivity contribution in [2.75, 3.05) is 54.1 Å². The summed E-state index contributed by atoms with van der Waals surface area (Å²) in [4.78, 5) is 13.5. The molecule has 1 aromatic rings. The van der Waals surface area contributed by atoms with Gasteiger partial charge in [-0.15, -0.1) is 0 Å². The lowest BCUT2D eigenvalue weighted by atomic mass is 10.1. The van der Waals surface area contributed by atoms with Crippen LogP contribution in [0.5, 0.6) is 0 Å². The fourth-order valence-electron chi connectivity index (χ4n) is 3.99. The molecular formula is C16H25N5O3S. The SMILES string of the molecule is CC1(C)CN(c2nccc(N3CCN[C@@H]4CS(=O)(=O)C[C@@H]43)n2)CCO1. The van der Waals surface area contributed by atoms with Crippen LogP contribution in [0.25, 0.3) is 0 Å². The summed E-state index contributed by atoms with van der Waals surface area (Å²) in [6, 6.07) is 1.81. The summed E-state index contributed by atoms with van der Waals surface area (Å²) in [5, 5.41) is 3.33. The Morgan fingerprint density at radius 1 is 1.32 bits per heavy atom. The number of hydrogen-bond donors (Lipinski definition) is 1. The molecule has 0 aromatic carbocycles. The molecule has 0 radical (unpaired) electrons. The van der Waals surface area contributed by atoms with Crippen LogP contribution in [0.4, 0.5) is 11.8 Å². The number of ether oxygens (including phenoxy) is 1. The summed E-state index contributed by atoms with van der Waals surface area (Å²) in [5.74, 6) is 1.89. The molecule has 1 aromatic heterocycles. The smallest absolute Gasteiger partial charge is 0.227 e. The average molecular weight is 367 g/mol. The summed E-state index contributed by atoms with van der Waals surface area (Å²) in [6.45, 7) is 7.79. The third kappa shape index (κ3) is 3.45. The standard InChI is InChI=1S/C16H25N5O3S/c1-16(2)11-20(7-8-24-16)15-18-4-3-14(19-15)21-6-5-17-12-9-25(22,23)10-13(12)21/h3-4,12-13,17H,5-11H2,1-2H3/t12-,13+/m1/s1. The van der Waals surface area contributed by atoms with Crippen LogP contribution in [0.1, 0.15) is 13.8 Å². The van der Waals surface area contributed by atoms with Crippen molar-refractivity contribution in [1.29, 1.82) is 0 Å². The summed E-state index contributed by atoms with van der Waals surface area (Å²) >= 11 is 0. The van der Waals surface area contributed by atoms with Gasteiger partial charge in [0.05, 0.1) is 29.8 Å². The number of rotatable bonds is 2. The van der Waals surface area contributed by atoms with Crippen LogP contribution >= 0.6 is 0 Å². The number of anilines is 2. The van der Waals surface area contributed by atoms with Gasteiger partial charge in [-0.2, -0.15) is 4.98 Å². The number of morpholine rings is 1. The lowest BCUT2D eigenvalue weighted by molar-refractivity contribution is -0.0281. The van der Waals surface area contributed by atoms with E-state index in [2.05, 4.69) is 33.9 Å². The van der Waals surface area contributed by atoms with Crippen LogP contribution in [0.3, 0.4) is 0 Å². The van der Waals surface area contributed by atoms with E-state index in [-0.39, 0.29) is 29.2 Å². The van der Waals surface area contributed by atoms with E-state index in [4.69, 9.17) is 9.72 Å². The monoisotopic (exact) mass is 367 g/mol. The normalized spacial score (nSPS) is 31.0.